The minimum absolute atomic E-state index is 0.129. The average molecular weight is 290 g/mol. The standard InChI is InChI=1S/C12H16F2N2O2S/c1-8-5-11(14)12(6-10(8)13)16-19(17,18)7-9-3-2-4-15-9/h5-6,9,15-16H,2-4,7H2,1H3. The van der Waals surface area contributed by atoms with Gasteiger partial charge in [0.2, 0.25) is 10.0 Å². The fraction of sp³-hybridized carbons (Fsp3) is 0.500. The lowest BCUT2D eigenvalue weighted by Gasteiger charge is -2.13. The molecule has 1 atom stereocenters. The molecule has 2 N–H and O–H groups in total. The third-order valence-electron chi connectivity index (χ3n) is 3.10. The molecule has 1 aromatic rings. The molecule has 0 amide bonds. The predicted molar refractivity (Wildman–Crippen MR) is 69.5 cm³/mol. The molecule has 1 heterocycles. The molecule has 19 heavy (non-hydrogen) atoms. The summed E-state index contributed by atoms with van der Waals surface area (Å²) in [7, 11) is -3.69. The van der Waals surface area contributed by atoms with E-state index in [0.29, 0.717) is 0 Å². The van der Waals surface area contributed by atoms with E-state index >= 15 is 0 Å². The summed E-state index contributed by atoms with van der Waals surface area (Å²) in [5.74, 6) is -1.55. The lowest BCUT2D eigenvalue weighted by atomic mass is 10.2. The van der Waals surface area contributed by atoms with E-state index in [9.17, 15) is 17.2 Å². The van der Waals surface area contributed by atoms with Crippen LogP contribution in [-0.4, -0.2) is 26.8 Å². The molecule has 1 saturated heterocycles. The first-order valence-corrected chi connectivity index (χ1v) is 7.72. The van der Waals surface area contributed by atoms with Crippen LogP contribution in [0.1, 0.15) is 18.4 Å². The van der Waals surface area contributed by atoms with E-state index in [-0.39, 0.29) is 23.0 Å². The van der Waals surface area contributed by atoms with E-state index in [2.05, 4.69) is 10.0 Å². The molecule has 0 aromatic heterocycles. The highest BCUT2D eigenvalue weighted by Crippen LogP contribution is 2.20. The Kier molecular flexibility index (Phi) is 4.05. The zero-order valence-electron chi connectivity index (χ0n) is 10.5. The number of hydrogen-bond acceptors (Lipinski definition) is 3. The molecule has 0 aliphatic carbocycles. The Morgan fingerprint density at radius 2 is 2.11 bits per heavy atom. The maximum absolute atomic E-state index is 13.6. The van der Waals surface area contributed by atoms with Crippen molar-refractivity contribution in [2.24, 2.45) is 0 Å². The van der Waals surface area contributed by atoms with Crippen LogP contribution in [0.5, 0.6) is 0 Å². The minimum Gasteiger partial charge on any atom is -0.313 e. The molecule has 1 unspecified atom stereocenters. The molecular formula is C12H16F2N2O2S. The Hall–Kier alpha value is -1.21. The molecule has 106 valence electrons. The molecule has 0 spiro atoms. The molecule has 1 aromatic carbocycles. The van der Waals surface area contributed by atoms with Crippen molar-refractivity contribution in [2.45, 2.75) is 25.8 Å². The summed E-state index contributed by atoms with van der Waals surface area (Å²) in [6.45, 7) is 2.20. The van der Waals surface area contributed by atoms with E-state index in [4.69, 9.17) is 0 Å². The van der Waals surface area contributed by atoms with E-state index < -0.39 is 21.7 Å². The van der Waals surface area contributed by atoms with Gasteiger partial charge in [0.25, 0.3) is 0 Å². The Balaban J connectivity index is 2.13. The fourth-order valence-electron chi connectivity index (χ4n) is 2.10. The van der Waals surface area contributed by atoms with Crippen molar-refractivity contribution < 1.29 is 17.2 Å². The zero-order valence-corrected chi connectivity index (χ0v) is 11.4. The van der Waals surface area contributed by atoms with E-state index in [1.54, 1.807) is 0 Å². The maximum atomic E-state index is 13.6. The molecule has 1 aliphatic heterocycles. The summed E-state index contributed by atoms with van der Waals surface area (Å²) >= 11 is 0. The summed E-state index contributed by atoms with van der Waals surface area (Å²) in [5, 5.41) is 3.05. The van der Waals surface area contributed by atoms with Gasteiger partial charge in [-0.1, -0.05) is 0 Å². The molecule has 2 rings (SSSR count). The molecule has 0 bridgehead atoms. The predicted octanol–water partition coefficient (Wildman–Crippen LogP) is 1.77. The van der Waals surface area contributed by atoms with Gasteiger partial charge in [-0.15, -0.1) is 0 Å². The molecular weight excluding hydrogens is 274 g/mol. The molecule has 0 radical (unpaired) electrons. The monoisotopic (exact) mass is 290 g/mol. The molecule has 7 heteroatoms. The number of halogens is 2. The number of anilines is 1. The second-order valence-corrected chi connectivity index (χ2v) is 6.52. The molecule has 4 nitrogen and oxygen atoms in total. The van der Waals surface area contributed by atoms with Gasteiger partial charge in [-0.2, -0.15) is 0 Å². The number of nitrogens with one attached hydrogen (secondary N) is 2. The highest BCUT2D eigenvalue weighted by Gasteiger charge is 2.23. The van der Waals surface area contributed by atoms with E-state index in [1.165, 1.54) is 6.92 Å². The number of rotatable bonds is 4. The number of benzene rings is 1. The first kappa shape index (κ1) is 14.2. The lowest BCUT2D eigenvalue weighted by molar-refractivity contribution is 0.578. The number of sulfonamides is 1. The summed E-state index contributed by atoms with van der Waals surface area (Å²) in [5.41, 5.74) is -0.209. The van der Waals surface area contributed by atoms with Crippen molar-refractivity contribution >= 4 is 15.7 Å². The molecule has 1 aliphatic rings. The Morgan fingerprint density at radius 1 is 1.37 bits per heavy atom. The highest BCUT2D eigenvalue weighted by molar-refractivity contribution is 7.92. The Bertz CT molecular complexity index is 569. The largest absolute Gasteiger partial charge is 0.313 e. The van der Waals surface area contributed by atoms with Crippen LogP contribution in [0.15, 0.2) is 12.1 Å². The second kappa shape index (κ2) is 5.42. The van der Waals surface area contributed by atoms with Crippen molar-refractivity contribution in [1.82, 2.24) is 5.32 Å². The quantitative estimate of drug-likeness (QED) is 0.888. The first-order chi connectivity index (χ1) is 8.87. The van der Waals surface area contributed by atoms with E-state index in [1.807, 2.05) is 0 Å². The van der Waals surface area contributed by atoms with Gasteiger partial charge in [0.05, 0.1) is 11.4 Å². The minimum atomic E-state index is -3.69. The van der Waals surface area contributed by atoms with Gasteiger partial charge in [-0.25, -0.2) is 17.2 Å². The van der Waals surface area contributed by atoms with Crippen LogP contribution in [0.2, 0.25) is 0 Å². The van der Waals surface area contributed by atoms with Crippen LogP contribution in [0.25, 0.3) is 0 Å². The van der Waals surface area contributed by atoms with Gasteiger partial charge < -0.3 is 5.32 Å². The third kappa shape index (κ3) is 3.63. The van der Waals surface area contributed by atoms with Gasteiger partial charge >= 0.3 is 0 Å². The Morgan fingerprint density at radius 3 is 2.74 bits per heavy atom. The average Bonchev–Trinajstić information content (AvgIpc) is 2.77. The van der Waals surface area contributed by atoms with Crippen molar-refractivity contribution in [3.63, 3.8) is 0 Å². The summed E-state index contributed by atoms with van der Waals surface area (Å²) < 4.78 is 52.7. The molecule has 1 fully saturated rings. The SMILES string of the molecule is Cc1cc(F)c(NS(=O)(=O)CC2CCCN2)cc1F. The van der Waals surface area contributed by atoms with Crippen molar-refractivity contribution in [3.8, 4) is 0 Å². The summed E-state index contributed by atoms with van der Waals surface area (Å²) in [6.07, 6.45) is 1.69. The van der Waals surface area contributed by atoms with E-state index in [0.717, 1.165) is 31.5 Å². The molecule has 0 saturated carbocycles. The van der Waals surface area contributed by atoms with Crippen LogP contribution in [-0.2, 0) is 10.0 Å². The third-order valence-corrected chi connectivity index (χ3v) is 4.47. The van der Waals surface area contributed by atoms with Crippen LogP contribution in [0.4, 0.5) is 14.5 Å². The lowest BCUT2D eigenvalue weighted by Crippen LogP contribution is -2.33. The van der Waals surface area contributed by atoms with Gasteiger partial charge in [0.15, 0.2) is 0 Å². The number of aryl methyl sites for hydroxylation is 1. The summed E-state index contributed by atoms with van der Waals surface area (Å²) in [6, 6.07) is 1.71. The summed E-state index contributed by atoms with van der Waals surface area (Å²) in [4.78, 5) is 0. The topological polar surface area (TPSA) is 58.2 Å². The normalized spacial score (nSPS) is 19.6. The smallest absolute Gasteiger partial charge is 0.234 e. The Labute approximate surface area is 111 Å². The van der Waals surface area contributed by atoms with Crippen LogP contribution in [0, 0.1) is 18.6 Å². The zero-order chi connectivity index (χ0) is 14.0. The fourth-order valence-corrected chi connectivity index (χ4v) is 3.49. The van der Waals surface area contributed by atoms with Gasteiger partial charge in [-0.3, -0.25) is 4.72 Å². The van der Waals surface area contributed by atoms with Crippen molar-refractivity contribution in [1.29, 1.82) is 0 Å². The van der Waals surface area contributed by atoms with Crippen LogP contribution in [0.3, 0.4) is 0 Å². The van der Waals surface area contributed by atoms with Gasteiger partial charge in [0.1, 0.15) is 11.6 Å². The van der Waals surface area contributed by atoms with Crippen LogP contribution >= 0.6 is 0 Å². The van der Waals surface area contributed by atoms with Crippen LogP contribution < -0.4 is 10.0 Å². The van der Waals surface area contributed by atoms with Crippen molar-refractivity contribution in [2.75, 3.05) is 17.0 Å². The van der Waals surface area contributed by atoms with Gasteiger partial charge in [-0.05, 0) is 37.9 Å². The van der Waals surface area contributed by atoms with Gasteiger partial charge in [0, 0.05) is 12.1 Å². The van der Waals surface area contributed by atoms with Crippen molar-refractivity contribution in [3.05, 3.63) is 29.3 Å². The maximum Gasteiger partial charge on any atom is 0.234 e. The highest BCUT2D eigenvalue weighted by atomic mass is 32.2. The first-order valence-electron chi connectivity index (χ1n) is 6.07. The number of hydrogen-bond donors (Lipinski definition) is 2. The second-order valence-electron chi connectivity index (χ2n) is 4.76.